The van der Waals surface area contributed by atoms with E-state index in [4.69, 9.17) is 0 Å². The van der Waals surface area contributed by atoms with Gasteiger partial charge in [0.25, 0.3) is 0 Å². The zero-order valence-corrected chi connectivity index (χ0v) is 7.84. The van der Waals surface area contributed by atoms with Gasteiger partial charge in [0.2, 0.25) is 0 Å². The summed E-state index contributed by atoms with van der Waals surface area (Å²) in [5.41, 5.74) is 0. The van der Waals surface area contributed by atoms with Gasteiger partial charge in [-0.05, 0) is 36.5 Å². The third kappa shape index (κ3) is 1.32. The van der Waals surface area contributed by atoms with Crippen LogP contribution in [0.1, 0.15) is 46.0 Å². The van der Waals surface area contributed by atoms with Crippen LogP contribution in [-0.4, -0.2) is 0 Å². The van der Waals surface area contributed by atoms with E-state index in [-0.39, 0.29) is 0 Å². The predicted octanol–water partition coefficient (Wildman–Crippen LogP) is 3.47. The molecule has 0 heterocycles. The highest BCUT2D eigenvalue weighted by Crippen LogP contribution is 2.45. The van der Waals surface area contributed by atoms with Crippen LogP contribution in [0.4, 0.5) is 0 Å². The summed E-state index contributed by atoms with van der Waals surface area (Å²) in [4.78, 5) is 0. The van der Waals surface area contributed by atoms with Crippen LogP contribution < -0.4 is 0 Å². The molecule has 0 amide bonds. The van der Waals surface area contributed by atoms with E-state index >= 15 is 0 Å². The fourth-order valence-electron chi connectivity index (χ4n) is 3.35. The normalized spacial score (nSPS) is 50.7. The lowest BCUT2D eigenvalue weighted by molar-refractivity contribution is 0.185. The SMILES string of the molecule is CC1CCC2CCC1C(C)C2. The third-order valence-corrected chi connectivity index (χ3v) is 4.11. The Bertz CT molecular complexity index is 135. The monoisotopic (exact) mass is 152 g/mol. The van der Waals surface area contributed by atoms with Crippen molar-refractivity contribution in [1.82, 2.24) is 0 Å². The molecule has 3 saturated carbocycles. The number of hydrogen-bond donors (Lipinski definition) is 0. The molecular weight excluding hydrogens is 132 g/mol. The molecule has 0 aromatic rings. The summed E-state index contributed by atoms with van der Waals surface area (Å²) < 4.78 is 0. The van der Waals surface area contributed by atoms with E-state index in [0.717, 1.165) is 23.7 Å². The highest BCUT2D eigenvalue weighted by atomic mass is 14.4. The first-order valence-electron chi connectivity index (χ1n) is 5.27. The highest BCUT2D eigenvalue weighted by Gasteiger charge is 2.34. The second-order valence-corrected chi connectivity index (χ2v) is 4.87. The molecule has 4 atom stereocenters. The smallest absolute Gasteiger partial charge is 0.0362 e. The van der Waals surface area contributed by atoms with Crippen LogP contribution in [0.3, 0.4) is 0 Å². The van der Waals surface area contributed by atoms with Crippen molar-refractivity contribution >= 4 is 0 Å². The first-order valence-corrected chi connectivity index (χ1v) is 5.27. The van der Waals surface area contributed by atoms with E-state index in [9.17, 15) is 0 Å². The molecule has 0 nitrogen and oxygen atoms in total. The number of fused-ring (bicyclic) bond motifs is 4. The van der Waals surface area contributed by atoms with Gasteiger partial charge in [0.1, 0.15) is 0 Å². The zero-order chi connectivity index (χ0) is 7.84. The number of rotatable bonds is 0. The van der Waals surface area contributed by atoms with Gasteiger partial charge >= 0.3 is 0 Å². The maximum absolute atomic E-state index is 2.47. The Morgan fingerprint density at radius 2 is 1.55 bits per heavy atom. The Labute approximate surface area is 70.4 Å². The Balaban J connectivity index is 2.13. The summed E-state index contributed by atoms with van der Waals surface area (Å²) >= 11 is 0. The second-order valence-electron chi connectivity index (χ2n) is 4.87. The molecule has 0 heteroatoms. The molecule has 0 aliphatic heterocycles. The van der Waals surface area contributed by atoms with E-state index in [2.05, 4.69) is 13.8 Å². The van der Waals surface area contributed by atoms with E-state index in [1.807, 2.05) is 0 Å². The van der Waals surface area contributed by atoms with Gasteiger partial charge in [-0.15, -0.1) is 0 Å². The van der Waals surface area contributed by atoms with Crippen LogP contribution in [0.15, 0.2) is 0 Å². The van der Waals surface area contributed by atoms with Gasteiger partial charge < -0.3 is 0 Å². The summed E-state index contributed by atoms with van der Waals surface area (Å²) in [6.07, 6.45) is 7.66. The minimum absolute atomic E-state index is 1.03. The highest BCUT2D eigenvalue weighted by molar-refractivity contribution is 4.85. The van der Waals surface area contributed by atoms with Crippen LogP contribution in [0.2, 0.25) is 0 Å². The van der Waals surface area contributed by atoms with Gasteiger partial charge in [-0.1, -0.05) is 33.1 Å². The molecule has 2 bridgehead atoms. The minimum atomic E-state index is 1.03. The van der Waals surface area contributed by atoms with Crippen molar-refractivity contribution < 1.29 is 0 Å². The van der Waals surface area contributed by atoms with Crippen molar-refractivity contribution in [2.24, 2.45) is 23.7 Å². The first-order chi connectivity index (χ1) is 5.27. The largest absolute Gasteiger partial charge is 0.0622 e. The van der Waals surface area contributed by atoms with Crippen LogP contribution in [0.5, 0.6) is 0 Å². The molecule has 64 valence electrons. The molecule has 0 radical (unpaired) electrons. The van der Waals surface area contributed by atoms with E-state index in [1.165, 1.54) is 25.7 Å². The average molecular weight is 152 g/mol. The maximum Gasteiger partial charge on any atom is -0.0362 e. The maximum atomic E-state index is 2.47. The Hall–Kier alpha value is 0. The van der Waals surface area contributed by atoms with Crippen molar-refractivity contribution in [3.05, 3.63) is 0 Å². The summed E-state index contributed by atoms with van der Waals surface area (Å²) in [6.45, 7) is 4.94. The quantitative estimate of drug-likeness (QED) is 0.498. The molecule has 3 rings (SSSR count). The van der Waals surface area contributed by atoms with Crippen LogP contribution in [0, 0.1) is 23.7 Å². The molecular formula is C11H20. The van der Waals surface area contributed by atoms with Crippen molar-refractivity contribution in [2.75, 3.05) is 0 Å². The Morgan fingerprint density at radius 3 is 2.27 bits per heavy atom. The molecule has 0 N–H and O–H groups in total. The molecule has 11 heavy (non-hydrogen) atoms. The van der Waals surface area contributed by atoms with Gasteiger partial charge in [-0.2, -0.15) is 0 Å². The molecule has 3 aliphatic carbocycles. The van der Waals surface area contributed by atoms with Gasteiger partial charge in [0.15, 0.2) is 0 Å². The van der Waals surface area contributed by atoms with Crippen molar-refractivity contribution in [1.29, 1.82) is 0 Å². The van der Waals surface area contributed by atoms with E-state index < -0.39 is 0 Å². The standard InChI is InChI=1S/C11H20/c1-8-3-4-10-5-6-11(8)9(2)7-10/h8-11H,3-7H2,1-2H3. The van der Waals surface area contributed by atoms with Crippen LogP contribution in [0.25, 0.3) is 0 Å². The summed E-state index contributed by atoms with van der Waals surface area (Å²) in [5, 5.41) is 0. The molecule has 3 fully saturated rings. The summed E-state index contributed by atoms with van der Waals surface area (Å²) in [5.74, 6) is 4.24. The first kappa shape index (κ1) is 7.64. The van der Waals surface area contributed by atoms with Gasteiger partial charge in [-0.3, -0.25) is 0 Å². The topological polar surface area (TPSA) is 0 Å². The zero-order valence-electron chi connectivity index (χ0n) is 7.84. The second kappa shape index (κ2) is 2.80. The Kier molecular flexibility index (Phi) is 1.95. The summed E-state index contributed by atoms with van der Waals surface area (Å²) in [6, 6.07) is 0. The van der Waals surface area contributed by atoms with Crippen LogP contribution >= 0.6 is 0 Å². The number of hydrogen-bond acceptors (Lipinski definition) is 0. The van der Waals surface area contributed by atoms with Crippen molar-refractivity contribution in [2.45, 2.75) is 46.0 Å². The Morgan fingerprint density at radius 1 is 0.818 bits per heavy atom. The molecule has 0 spiro atoms. The van der Waals surface area contributed by atoms with Crippen molar-refractivity contribution in [3.8, 4) is 0 Å². The molecule has 0 aromatic carbocycles. The van der Waals surface area contributed by atoms with E-state index in [1.54, 1.807) is 6.42 Å². The summed E-state index contributed by atoms with van der Waals surface area (Å²) in [7, 11) is 0. The third-order valence-electron chi connectivity index (χ3n) is 4.11. The lowest BCUT2D eigenvalue weighted by Crippen LogP contribution is -2.22. The van der Waals surface area contributed by atoms with E-state index in [0.29, 0.717) is 0 Å². The van der Waals surface area contributed by atoms with Gasteiger partial charge in [0, 0.05) is 0 Å². The van der Waals surface area contributed by atoms with Crippen LogP contribution in [-0.2, 0) is 0 Å². The van der Waals surface area contributed by atoms with Crippen molar-refractivity contribution in [3.63, 3.8) is 0 Å². The average Bonchev–Trinajstić information content (AvgIpc) is 2.21. The predicted molar refractivity (Wildman–Crippen MR) is 48.4 cm³/mol. The fourth-order valence-corrected chi connectivity index (χ4v) is 3.35. The van der Waals surface area contributed by atoms with Gasteiger partial charge in [0.05, 0.1) is 0 Å². The molecule has 0 saturated heterocycles. The van der Waals surface area contributed by atoms with Gasteiger partial charge in [-0.25, -0.2) is 0 Å². The lowest BCUT2D eigenvalue weighted by atomic mass is 9.74. The molecule has 3 aliphatic rings. The lowest BCUT2D eigenvalue weighted by Gasteiger charge is -2.32. The molecule has 4 unspecified atom stereocenters. The minimum Gasteiger partial charge on any atom is -0.0622 e. The fraction of sp³-hybridized carbons (Fsp3) is 1.00. The molecule has 0 aromatic heterocycles.